The monoisotopic (exact) mass is 303 g/mol. The third-order valence-corrected chi connectivity index (χ3v) is 3.73. The smallest absolute Gasteiger partial charge is 0.328 e. The third kappa shape index (κ3) is 3.14. The molecule has 0 radical (unpaired) electrons. The second kappa shape index (κ2) is 6.05. The molecular weight excluding hydrogens is 286 g/mol. The molecule has 0 aliphatic heterocycles. The van der Waals surface area contributed by atoms with E-state index in [0.29, 0.717) is 0 Å². The molecule has 3 aromatic rings. The van der Waals surface area contributed by atoms with E-state index in [-0.39, 0.29) is 0 Å². The van der Waals surface area contributed by atoms with E-state index in [1.807, 2.05) is 24.3 Å². The predicted octanol–water partition coefficient (Wildman–Crippen LogP) is 4.62. The zero-order chi connectivity index (χ0) is 16.4. The molecular formula is C20H17NO2. The fourth-order valence-corrected chi connectivity index (χ4v) is 2.91. The van der Waals surface area contributed by atoms with Crippen LogP contribution in [0.5, 0.6) is 0 Å². The second-order valence-corrected chi connectivity index (χ2v) is 5.65. The van der Waals surface area contributed by atoms with Gasteiger partial charge in [-0.05, 0) is 48.7 Å². The van der Waals surface area contributed by atoms with Gasteiger partial charge in [-0.15, -0.1) is 0 Å². The van der Waals surface area contributed by atoms with Crippen LogP contribution in [0.15, 0.2) is 54.7 Å². The van der Waals surface area contributed by atoms with E-state index in [0.717, 1.165) is 27.6 Å². The first-order valence-corrected chi connectivity index (χ1v) is 7.42. The van der Waals surface area contributed by atoms with Crippen LogP contribution in [0.25, 0.3) is 28.1 Å². The Kier molecular flexibility index (Phi) is 3.94. The number of pyridine rings is 1. The average molecular weight is 303 g/mol. The molecule has 1 heterocycles. The van der Waals surface area contributed by atoms with E-state index in [2.05, 4.69) is 37.0 Å². The zero-order valence-electron chi connectivity index (χ0n) is 13.1. The number of hydrogen-bond acceptors (Lipinski definition) is 2. The molecule has 0 saturated carbocycles. The van der Waals surface area contributed by atoms with Gasteiger partial charge in [0.15, 0.2) is 0 Å². The van der Waals surface area contributed by atoms with Crippen molar-refractivity contribution >= 4 is 22.9 Å². The Bertz CT molecular complexity index is 906. The van der Waals surface area contributed by atoms with Gasteiger partial charge in [0, 0.05) is 17.7 Å². The van der Waals surface area contributed by atoms with Crippen molar-refractivity contribution in [1.29, 1.82) is 0 Å². The third-order valence-electron chi connectivity index (χ3n) is 3.73. The molecule has 0 unspecified atom stereocenters. The normalized spacial score (nSPS) is 11.2. The Hall–Kier alpha value is -2.94. The van der Waals surface area contributed by atoms with Crippen molar-refractivity contribution in [2.75, 3.05) is 0 Å². The number of aliphatic carboxylic acids is 1. The quantitative estimate of drug-likeness (QED) is 0.718. The fourth-order valence-electron chi connectivity index (χ4n) is 2.91. The van der Waals surface area contributed by atoms with Gasteiger partial charge in [-0.3, -0.25) is 4.98 Å². The Labute approximate surface area is 134 Å². The van der Waals surface area contributed by atoms with Crippen molar-refractivity contribution in [3.8, 4) is 11.1 Å². The van der Waals surface area contributed by atoms with E-state index < -0.39 is 5.97 Å². The van der Waals surface area contributed by atoms with Crippen molar-refractivity contribution in [2.45, 2.75) is 13.8 Å². The molecule has 0 bridgehead atoms. The molecule has 3 rings (SSSR count). The lowest BCUT2D eigenvalue weighted by molar-refractivity contribution is -0.131. The average Bonchev–Trinajstić information content (AvgIpc) is 2.51. The summed E-state index contributed by atoms with van der Waals surface area (Å²) in [4.78, 5) is 15.3. The minimum absolute atomic E-state index is 0.873. The van der Waals surface area contributed by atoms with Gasteiger partial charge in [-0.25, -0.2) is 4.79 Å². The number of rotatable bonds is 3. The van der Waals surface area contributed by atoms with Crippen LogP contribution in [-0.4, -0.2) is 16.1 Å². The fraction of sp³-hybridized carbons (Fsp3) is 0.100. The minimum atomic E-state index is -0.956. The van der Waals surface area contributed by atoms with Gasteiger partial charge in [-0.2, -0.15) is 0 Å². The lowest BCUT2D eigenvalue weighted by Crippen LogP contribution is -1.91. The molecule has 0 aliphatic carbocycles. The predicted molar refractivity (Wildman–Crippen MR) is 93.3 cm³/mol. The molecule has 0 spiro atoms. The summed E-state index contributed by atoms with van der Waals surface area (Å²) in [6.45, 7) is 4.12. The highest BCUT2D eigenvalue weighted by Crippen LogP contribution is 2.33. The van der Waals surface area contributed by atoms with Gasteiger partial charge in [0.05, 0.1) is 5.52 Å². The van der Waals surface area contributed by atoms with Crippen LogP contribution in [0.1, 0.15) is 16.7 Å². The van der Waals surface area contributed by atoms with Gasteiger partial charge >= 0.3 is 5.97 Å². The molecule has 0 aliphatic rings. The number of fused-ring (bicyclic) bond motifs is 1. The number of nitrogens with zero attached hydrogens (tertiary/aromatic N) is 1. The number of aromatic nitrogens is 1. The number of carboxylic acids is 1. The van der Waals surface area contributed by atoms with E-state index in [4.69, 9.17) is 5.11 Å². The van der Waals surface area contributed by atoms with Crippen LogP contribution in [-0.2, 0) is 4.79 Å². The summed E-state index contributed by atoms with van der Waals surface area (Å²) < 4.78 is 0. The van der Waals surface area contributed by atoms with Gasteiger partial charge in [-0.1, -0.05) is 41.5 Å². The molecule has 1 aromatic heterocycles. The highest BCUT2D eigenvalue weighted by atomic mass is 16.4. The van der Waals surface area contributed by atoms with Crippen molar-refractivity contribution < 1.29 is 9.90 Å². The van der Waals surface area contributed by atoms with Crippen molar-refractivity contribution in [2.24, 2.45) is 0 Å². The maximum atomic E-state index is 10.9. The number of carbonyl (C=O) groups is 1. The maximum absolute atomic E-state index is 10.9. The van der Waals surface area contributed by atoms with Crippen LogP contribution < -0.4 is 0 Å². The molecule has 0 amide bonds. The highest BCUT2D eigenvalue weighted by Gasteiger charge is 2.10. The number of hydrogen-bond donors (Lipinski definition) is 1. The van der Waals surface area contributed by atoms with Gasteiger partial charge < -0.3 is 5.11 Å². The van der Waals surface area contributed by atoms with E-state index in [1.54, 1.807) is 12.3 Å². The second-order valence-electron chi connectivity index (χ2n) is 5.65. The maximum Gasteiger partial charge on any atom is 0.328 e. The van der Waals surface area contributed by atoms with Gasteiger partial charge in [0.25, 0.3) is 0 Å². The first-order valence-electron chi connectivity index (χ1n) is 7.42. The van der Waals surface area contributed by atoms with E-state index in [1.165, 1.54) is 17.2 Å². The van der Waals surface area contributed by atoms with Crippen LogP contribution in [0, 0.1) is 13.8 Å². The van der Waals surface area contributed by atoms with Crippen LogP contribution in [0.4, 0.5) is 0 Å². The van der Waals surface area contributed by atoms with Crippen LogP contribution >= 0.6 is 0 Å². The highest BCUT2D eigenvalue weighted by molar-refractivity contribution is 6.00. The van der Waals surface area contributed by atoms with E-state index >= 15 is 0 Å². The Balaban J connectivity index is 2.34. The molecule has 3 heteroatoms. The Morgan fingerprint density at radius 3 is 2.52 bits per heavy atom. The number of carboxylic acid groups (broad SMARTS) is 1. The van der Waals surface area contributed by atoms with Crippen LogP contribution in [0.2, 0.25) is 0 Å². The lowest BCUT2D eigenvalue weighted by Gasteiger charge is -2.12. The molecule has 0 atom stereocenters. The summed E-state index contributed by atoms with van der Waals surface area (Å²) in [5, 5.41) is 9.96. The molecule has 1 N–H and O–H groups in total. The van der Waals surface area contributed by atoms with Crippen molar-refractivity contribution in [3.05, 3.63) is 71.4 Å². The summed E-state index contributed by atoms with van der Waals surface area (Å²) in [6.07, 6.45) is 4.58. The molecule has 3 nitrogen and oxygen atoms in total. The minimum Gasteiger partial charge on any atom is -0.478 e. The lowest BCUT2D eigenvalue weighted by atomic mass is 9.92. The first kappa shape index (κ1) is 15.0. The van der Waals surface area contributed by atoms with Gasteiger partial charge in [0.1, 0.15) is 0 Å². The van der Waals surface area contributed by atoms with Gasteiger partial charge in [0.2, 0.25) is 0 Å². The summed E-state index contributed by atoms with van der Waals surface area (Å²) in [7, 11) is 0. The zero-order valence-corrected chi connectivity index (χ0v) is 13.1. The number of benzene rings is 2. The summed E-state index contributed by atoms with van der Waals surface area (Å²) >= 11 is 0. The topological polar surface area (TPSA) is 50.2 Å². The van der Waals surface area contributed by atoms with Crippen molar-refractivity contribution in [3.63, 3.8) is 0 Å². The van der Waals surface area contributed by atoms with E-state index in [9.17, 15) is 4.79 Å². The largest absolute Gasteiger partial charge is 0.478 e. The molecule has 0 saturated heterocycles. The molecule has 0 fully saturated rings. The SMILES string of the molecule is Cc1cc(C)cc(-c2c(/C=C/C(=O)O)ccc3ncccc23)c1. The molecule has 23 heavy (non-hydrogen) atoms. The molecule has 114 valence electrons. The molecule has 2 aromatic carbocycles. The van der Waals surface area contributed by atoms with Crippen LogP contribution in [0.3, 0.4) is 0 Å². The summed E-state index contributed by atoms with van der Waals surface area (Å²) in [6, 6.07) is 14.1. The Morgan fingerprint density at radius 2 is 1.83 bits per heavy atom. The van der Waals surface area contributed by atoms with Crippen molar-refractivity contribution in [1.82, 2.24) is 4.98 Å². The Morgan fingerprint density at radius 1 is 1.09 bits per heavy atom. The standard InChI is InChI=1S/C20H17NO2/c1-13-10-14(2)12-16(11-13)20-15(6-8-19(22)23)5-7-18-17(20)4-3-9-21-18/h3-12H,1-2H3,(H,22,23)/b8-6+. The summed E-state index contributed by atoms with van der Waals surface area (Å²) in [5.74, 6) is -0.956. The summed E-state index contributed by atoms with van der Waals surface area (Å²) in [5.41, 5.74) is 6.21. The first-order chi connectivity index (χ1) is 11.0. The number of aryl methyl sites for hydroxylation is 2.